The van der Waals surface area contributed by atoms with E-state index in [4.69, 9.17) is 22.3 Å². The van der Waals surface area contributed by atoms with Crippen molar-refractivity contribution in [3.63, 3.8) is 0 Å². The van der Waals surface area contributed by atoms with E-state index in [1.807, 2.05) is 6.07 Å². The van der Waals surface area contributed by atoms with Gasteiger partial charge in [-0.25, -0.2) is 19.8 Å². The number of rotatable bonds is 3. The topological polar surface area (TPSA) is 117 Å². The molecule has 1 atom stereocenters. The third-order valence-electron chi connectivity index (χ3n) is 7.67. The van der Waals surface area contributed by atoms with Crippen molar-refractivity contribution in [2.45, 2.75) is 35.2 Å². The number of pyridine rings is 1. The van der Waals surface area contributed by atoms with Crippen LogP contribution in [0.5, 0.6) is 0 Å². The lowest BCUT2D eigenvalue weighted by Crippen LogP contribution is -2.44. The van der Waals surface area contributed by atoms with E-state index < -0.39 is 0 Å². The Morgan fingerprint density at radius 2 is 1.97 bits per heavy atom. The first-order chi connectivity index (χ1) is 17.6. The fraction of sp³-hybridized carbons (Fsp3) is 0.269. The second-order valence-corrected chi connectivity index (χ2v) is 10.6. The largest absolute Gasteiger partial charge is 0.357 e. The maximum absolute atomic E-state index is 7.44. The third-order valence-corrected chi connectivity index (χ3v) is 8.64. The molecule has 36 heavy (non-hydrogen) atoms. The van der Waals surface area contributed by atoms with Gasteiger partial charge in [0.25, 0.3) is 0 Å². The minimum Gasteiger partial charge on any atom is -0.357 e. The summed E-state index contributed by atoms with van der Waals surface area (Å²) in [5.74, 6) is 0.804. The van der Waals surface area contributed by atoms with E-state index >= 15 is 0 Å². The van der Waals surface area contributed by atoms with Crippen molar-refractivity contribution >= 4 is 45.7 Å². The molecule has 1 spiro atoms. The Bertz CT molecular complexity index is 1660. The molecule has 178 valence electrons. The van der Waals surface area contributed by atoms with Gasteiger partial charge in [-0.1, -0.05) is 36.0 Å². The monoisotopic (exact) mass is 493 g/mol. The van der Waals surface area contributed by atoms with Gasteiger partial charge >= 0.3 is 0 Å². The van der Waals surface area contributed by atoms with Gasteiger partial charge in [-0.2, -0.15) is 4.98 Å². The van der Waals surface area contributed by atoms with Gasteiger partial charge in [0.15, 0.2) is 11.3 Å². The molecule has 1 fully saturated rings. The Morgan fingerprint density at radius 1 is 1.11 bits per heavy atom. The molecule has 1 aliphatic carbocycles. The smallest absolute Gasteiger partial charge is 0.214 e. The van der Waals surface area contributed by atoms with Crippen molar-refractivity contribution in [1.82, 2.24) is 29.9 Å². The minimum absolute atomic E-state index is 0.0949. The van der Waals surface area contributed by atoms with Crippen molar-refractivity contribution in [2.75, 3.05) is 18.0 Å². The molecule has 5 aromatic rings. The molecule has 1 aliphatic heterocycles. The van der Waals surface area contributed by atoms with Gasteiger partial charge in [0.1, 0.15) is 10.7 Å². The summed E-state index contributed by atoms with van der Waals surface area (Å²) < 4.78 is 0. The number of hydrogen-bond donors (Lipinski definition) is 3. The van der Waals surface area contributed by atoms with E-state index in [2.05, 4.69) is 53.9 Å². The number of H-pyrrole nitrogens is 2. The van der Waals surface area contributed by atoms with Crippen LogP contribution >= 0.6 is 11.8 Å². The molecule has 4 aromatic heterocycles. The summed E-state index contributed by atoms with van der Waals surface area (Å²) in [5.41, 5.74) is 12.1. The summed E-state index contributed by atoms with van der Waals surface area (Å²) in [6.07, 6.45) is 8.26. The Labute approximate surface area is 211 Å². The van der Waals surface area contributed by atoms with E-state index in [1.54, 1.807) is 18.6 Å². The van der Waals surface area contributed by atoms with Crippen LogP contribution in [0.15, 0.2) is 58.8 Å². The third kappa shape index (κ3) is 3.27. The molecule has 10 heteroatoms. The molecule has 0 radical (unpaired) electrons. The summed E-state index contributed by atoms with van der Waals surface area (Å²) in [5, 5.41) is 1.54. The highest BCUT2D eigenvalue weighted by molar-refractivity contribution is 7.99. The number of nitrogens with two attached hydrogens (primary N) is 1. The average Bonchev–Trinajstić information content (AvgIpc) is 3.59. The molecule has 7 rings (SSSR count). The quantitative estimate of drug-likeness (QED) is 0.310. The van der Waals surface area contributed by atoms with Crippen LogP contribution in [0, 0.1) is 12.0 Å². The zero-order valence-electron chi connectivity index (χ0n) is 19.4. The molecule has 4 N–H and O–H groups in total. The molecule has 1 saturated heterocycles. The van der Waals surface area contributed by atoms with E-state index in [0.717, 1.165) is 53.6 Å². The van der Waals surface area contributed by atoms with Crippen LogP contribution < -0.4 is 10.6 Å². The van der Waals surface area contributed by atoms with Crippen LogP contribution in [0.25, 0.3) is 27.2 Å². The first kappa shape index (κ1) is 21.4. The number of nitrogens with one attached hydrogen (secondary N) is 2. The second kappa shape index (κ2) is 8.05. The zero-order valence-corrected chi connectivity index (χ0v) is 20.2. The van der Waals surface area contributed by atoms with Crippen LogP contribution in [-0.2, 0) is 6.42 Å². The summed E-state index contributed by atoms with van der Waals surface area (Å²) >= 11 is 1.47. The summed E-state index contributed by atoms with van der Waals surface area (Å²) in [7, 11) is 0. The molecular formula is C26H23N9S. The van der Waals surface area contributed by atoms with Gasteiger partial charge in [0.05, 0.1) is 12.8 Å². The van der Waals surface area contributed by atoms with Gasteiger partial charge in [0, 0.05) is 41.8 Å². The number of imidazole rings is 1. The lowest BCUT2D eigenvalue weighted by atomic mass is 9.73. The number of nitrogens with zero attached hydrogens (tertiary/aromatic N) is 6. The highest BCUT2D eigenvalue weighted by Crippen LogP contribution is 2.50. The zero-order chi connectivity index (χ0) is 24.3. The molecule has 0 bridgehead atoms. The van der Waals surface area contributed by atoms with Crippen LogP contribution in [0.1, 0.15) is 30.0 Å². The van der Waals surface area contributed by atoms with E-state index in [9.17, 15) is 0 Å². The molecular weight excluding hydrogens is 470 g/mol. The maximum Gasteiger partial charge on any atom is 0.214 e. The molecule has 0 saturated carbocycles. The summed E-state index contributed by atoms with van der Waals surface area (Å²) in [6, 6.07) is 10.6. The number of aromatic amines is 2. The van der Waals surface area contributed by atoms with Crippen molar-refractivity contribution in [3.8, 4) is 0 Å². The standard InChI is InChI=1S/C26H23N9S/c1-28-17-13-30-22-20(17)18(6-9-29-22)36-19-14-31-23-24(32-19)34-25(33-23)35-10-7-26(8-11-35)12-15-4-2-3-5-16(15)21(26)27/h2-6,9,13-14,21H,7-8,10-12,27H2,(H,29,30)(H,31,32,33,34)/t21-/m1/s1. The van der Waals surface area contributed by atoms with Gasteiger partial charge in [-0.15, -0.1) is 0 Å². The predicted octanol–water partition coefficient (Wildman–Crippen LogP) is 4.77. The average molecular weight is 494 g/mol. The highest BCUT2D eigenvalue weighted by Gasteiger charge is 2.46. The molecule has 1 aromatic carbocycles. The Kier molecular flexibility index (Phi) is 4.77. The Morgan fingerprint density at radius 3 is 2.81 bits per heavy atom. The normalized spacial score (nSPS) is 18.7. The maximum atomic E-state index is 7.44. The summed E-state index contributed by atoms with van der Waals surface area (Å²) in [4.78, 5) is 31.6. The van der Waals surface area contributed by atoms with Crippen LogP contribution in [0.3, 0.4) is 0 Å². The highest BCUT2D eigenvalue weighted by atomic mass is 32.2. The number of benzene rings is 1. The molecule has 2 aliphatic rings. The molecule has 9 nitrogen and oxygen atoms in total. The molecule has 0 amide bonds. The van der Waals surface area contributed by atoms with Crippen molar-refractivity contribution < 1.29 is 0 Å². The van der Waals surface area contributed by atoms with Gasteiger partial charge in [-0.3, -0.25) is 0 Å². The minimum atomic E-state index is 0.0949. The first-order valence-corrected chi connectivity index (χ1v) is 12.8. The van der Waals surface area contributed by atoms with E-state index in [-0.39, 0.29) is 11.5 Å². The fourth-order valence-electron chi connectivity index (χ4n) is 5.73. The SMILES string of the molecule is [C-]#[N+]c1c[nH]c2nccc(Sc3cnc4nc(N5CCC6(CC5)Cc5ccccc5[C@H]6N)[nH]c4n3)c12. The Balaban J connectivity index is 1.11. The number of aromatic nitrogens is 6. The lowest BCUT2D eigenvalue weighted by Gasteiger charge is -2.42. The van der Waals surface area contributed by atoms with Gasteiger partial charge < -0.3 is 20.6 Å². The number of piperidine rings is 1. The van der Waals surface area contributed by atoms with Crippen molar-refractivity contribution in [2.24, 2.45) is 11.1 Å². The number of hydrogen-bond acceptors (Lipinski definition) is 7. The summed E-state index contributed by atoms with van der Waals surface area (Å²) in [6.45, 7) is 9.23. The molecule has 5 heterocycles. The van der Waals surface area contributed by atoms with Gasteiger partial charge in [0.2, 0.25) is 11.6 Å². The fourth-order valence-corrected chi connectivity index (χ4v) is 6.63. The van der Waals surface area contributed by atoms with Crippen LogP contribution in [0.2, 0.25) is 0 Å². The van der Waals surface area contributed by atoms with E-state index in [0.29, 0.717) is 22.6 Å². The van der Waals surface area contributed by atoms with Crippen LogP contribution in [0.4, 0.5) is 11.6 Å². The number of fused-ring (bicyclic) bond motifs is 3. The number of anilines is 1. The van der Waals surface area contributed by atoms with Crippen molar-refractivity contribution in [3.05, 3.63) is 71.5 Å². The Hall–Kier alpha value is -3.94. The van der Waals surface area contributed by atoms with Crippen LogP contribution in [-0.4, -0.2) is 43.0 Å². The second-order valence-electron chi connectivity index (χ2n) is 9.56. The van der Waals surface area contributed by atoms with E-state index in [1.165, 1.54) is 22.9 Å². The first-order valence-electron chi connectivity index (χ1n) is 12.0. The lowest BCUT2D eigenvalue weighted by molar-refractivity contribution is 0.187. The van der Waals surface area contributed by atoms with Crippen molar-refractivity contribution in [1.29, 1.82) is 0 Å². The van der Waals surface area contributed by atoms with Gasteiger partial charge in [-0.05, 0) is 41.9 Å². The molecule has 0 unspecified atom stereocenters. The predicted molar refractivity (Wildman–Crippen MR) is 139 cm³/mol.